The highest BCUT2D eigenvalue weighted by atomic mass is 16.6. The molecular formula is C59H88N6O12. The highest BCUT2D eigenvalue weighted by molar-refractivity contribution is 6.22. The number of carbonyl (C=O) groups is 8. The van der Waals surface area contributed by atoms with Crippen LogP contribution in [0.3, 0.4) is 0 Å². The molecule has 2 aromatic carbocycles. The number of carbonyl (C=O) groups excluding carboxylic acids is 8. The maximum atomic E-state index is 14.1. The average Bonchev–Trinajstić information content (AvgIpc) is 3.34. The molecule has 18 nitrogen and oxygen atoms in total. The maximum Gasteiger partial charge on any atom is 0.329 e. The summed E-state index contributed by atoms with van der Waals surface area (Å²) >= 11 is 0. The van der Waals surface area contributed by atoms with Crippen LogP contribution in [0, 0.1) is 23.2 Å². The minimum atomic E-state index is -1.23. The van der Waals surface area contributed by atoms with Crippen LogP contribution in [0.2, 0.25) is 0 Å². The Morgan fingerprint density at radius 1 is 0.779 bits per heavy atom. The first kappa shape index (κ1) is 63.4. The molecule has 0 spiro atoms. The van der Waals surface area contributed by atoms with Crippen molar-refractivity contribution in [1.82, 2.24) is 21.3 Å². The first-order valence-electron chi connectivity index (χ1n) is 27.5. The molecular weight excluding hydrogens is 985 g/mol. The Labute approximate surface area is 455 Å². The van der Waals surface area contributed by atoms with Crippen LogP contribution in [0.4, 0.5) is 4.79 Å². The molecule has 2 aliphatic carbocycles. The molecule has 1 fully saturated rings. The number of amides is 4. The second-order valence-electron chi connectivity index (χ2n) is 23.7. The third kappa shape index (κ3) is 22.0. The van der Waals surface area contributed by atoms with Crippen molar-refractivity contribution in [3.8, 4) is 0 Å². The van der Waals surface area contributed by atoms with Gasteiger partial charge in [0.25, 0.3) is 0 Å². The van der Waals surface area contributed by atoms with E-state index >= 15 is 0 Å². The number of nitrogens with one attached hydrogen (secondary N) is 4. The molecule has 7 N–H and O–H groups in total. The van der Waals surface area contributed by atoms with Crippen LogP contribution in [0.1, 0.15) is 164 Å². The van der Waals surface area contributed by atoms with Crippen LogP contribution in [-0.2, 0) is 54.2 Å². The minimum Gasteiger partial charge on any atom is -0.511 e. The zero-order valence-electron chi connectivity index (χ0n) is 47.4. The van der Waals surface area contributed by atoms with E-state index in [-0.39, 0.29) is 90.6 Å². The monoisotopic (exact) mass is 1070 g/mol. The number of aliphatic imine (C=N–C) groups is 1. The zero-order valence-corrected chi connectivity index (χ0v) is 47.4. The smallest absolute Gasteiger partial charge is 0.329 e. The van der Waals surface area contributed by atoms with E-state index < -0.39 is 59.2 Å². The summed E-state index contributed by atoms with van der Waals surface area (Å²) in [6, 6.07) is 10.0. The van der Waals surface area contributed by atoms with E-state index in [4.69, 9.17) is 19.9 Å². The van der Waals surface area contributed by atoms with E-state index in [2.05, 4.69) is 26.3 Å². The lowest BCUT2D eigenvalue weighted by molar-refractivity contribution is -0.158. The summed E-state index contributed by atoms with van der Waals surface area (Å²) in [6.45, 7) is 16.8. The fourth-order valence-electron chi connectivity index (χ4n) is 9.96. The molecule has 0 aliphatic heterocycles. The molecule has 4 rings (SSSR count). The largest absolute Gasteiger partial charge is 0.511 e. The van der Waals surface area contributed by atoms with Crippen molar-refractivity contribution in [3.05, 3.63) is 59.4 Å². The molecule has 0 heterocycles. The lowest BCUT2D eigenvalue weighted by Crippen LogP contribution is -2.52. The predicted octanol–water partition coefficient (Wildman–Crippen LogP) is 8.00. The van der Waals surface area contributed by atoms with Gasteiger partial charge in [-0.25, -0.2) is 14.4 Å². The SMILES string of the molecule is COC(=O)C(CCCCNC(=O)C(CC(=O)C1CCC(CNC(=O)C(CCCCN)N=C(C)C2=C(O)CC(C)(C)CC2=O)CC1)Cc1ccc2ccccc2c1)NC(=O)NC(CCC(=O)OC(C)(C)C)C(=O)OC(C)(C)C. The van der Waals surface area contributed by atoms with Gasteiger partial charge in [-0.2, -0.15) is 0 Å². The van der Waals surface area contributed by atoms with Crippen molar-refractivity contribution in [2.24, 2.45) is 33.9 Å². The van der Waals surface area contributed by atoms with Crippen LogP contribution >= 0.6 is 0 Å². The molecule has 0 radical (unpaired) electrons. The number of esters is 3. The van der Waals surface area contributed by atoms with Gasteiger partial charge in [0.1, 0.15) is 40.9 Å². The summed E-state index contributed by atoms with van der Waals surface area (Å²) in [5.74, 6) is -3.48. The van der Waals surface area contributed by atoms with Gasteiger partial charge in [0.05, 0.1) is 12.7 Å². The van der Waals surface area contributed by atoms with Crippen molar-refractivity contribution >= 4 is 63.8 Å². The summed E-state index contributed by atoms with van der Waals surface area (Å²) in [6.07, 6.45) is 6.18. The van der Waals surface area contributed by atoms with Crippen molar-refractivity contribution in [3.63, 3.8) is 0 Å². The van der Waals surface area contributed by atoms with E-state index in [0.717, 1.165) is 16.3 Å². The Morgan fingerprint density at radius 3 is 2.04 bits per heavy atom. The fourth-order valence-corrected chi connectivity index (χ4v) is 9.96. The third-order valence-electron chi connectivity index (χ3n) is 13.8. The number of unbranched alkanes of at least 4 members (excludes halogenated alkanes) is 2. The lowest BCUT2D eigenvalue weighted by atomic mass is 9.75. The van der Waals surface area contributed by atoms with Gasteiger partial charge in [-0.05, 0) is 160 Å². The van der Waals surface area contributed by atoms with Crippen LogP contribution < -0.4 is 27.0 Å². The van der Waals surface area contributed by atoms with Crippen molar-refractivity contribution < 1.29 is 57.7 Å². The second-order valence-corrected chi connectivity index (χ2v) is 23.7. The number of nitrogens with zero attached hydrogens (tertiary/aromatic N) is 1. The number of ether oxygens (including phenoxy) is 3. The van der Waals surface area contributed by atoms with E-state index in [1.54, 1.807) is 48.5 Å². The number of urea groups is 1. The van der Waals surface area contributed by atoms with Crippen molar-refractivity contribution in [2.75, 3.05) is 26.7 Å². The number of methoxy groups -OCH3 is 1. The highest BCUT2D eigenvalue weighted by Gasteiger charge is 2.36. The molecule has 0 bridgehead atoms. The summed E-state index contributed by atoms with van der Waals surface area (Å²) in [5.41, 5.74) is 5.24. The van der Waals surface area contributed by atoms with Gasteiger partial charge in [0.15, 0.2) is 5.78 Å². The van der Waals surface area contributed by atoms with Crippen molar-refractivity contribution in [1.29, 1.82) is 0 Å². The number of fused-ring (bicyclic) bond motifs is 1. The molecule has 4 unspecified atom stereocenters. The molecule has 77 heavy (non-hydrogen) atoms. The van der Waals surface area contributed by atoms with Gasteiger partial charge < -0.3 is 46.3 Å². The number of nitrogens with two attached hydrogens (primary N) is 1. The Balaban J connectivity index is 1.35. The van der Waals surface area contributed by atoms with Gasteiger partial charge >= 0.3 is 23.9 Å². The van der Waals surface area contributed by atoms with Crippen LogP contribution in [0.25, 0.3) is 10.8 Å². The number of aliphatic hydroxyl groups is 1. The van der Waals surface area contributed by atoms with E-state index in [9.17, 15) is 43.5 Å². The van der Waals surface area contributed by atoms with Gasteiger partial charge in [0.2, 0.25) is 11.8 Å². The van der Waals surface area contributed by atoms with Gasteiger partial charge in [-0.15, -0.1) is 0 Å². The van der Waals surface area contributed by atoms with Crippen LogP contribution in [0.5, 0.6) is 0 Å². The highest BCUT2D eigenvalue weighted by Crippen LogP contribution is 2.36. The number of allylic oxidation sites excluding steroid dienone is 2. The number of ketones is 2. The number of hydrogen-bond donors (Lipinski definition) is 6. The first-order chi connectivity index (χ1) is 36.2. The average molecular weight is 1070 g/mol. The summed E-state index contributed by atoms with van der Waals surface area (Å²) < 4.78 is 15.8. The lowest BCUT2D eigenvalue weighted by Gasteiger charge is -2.30. The van der Waals surface area contributed by atoms with E-state index in [1.165, 1.54) is 7.11 Å². The summed E-state index contributed by atoms with van der Waals surface area (Å²) in [5, 5.41) is 24.1. The van der Waals surface area contributed by atoms with Crippen LogP contribution in [0.15, 0.2) is 58.8 Å². The fraction of sp³-hybridized carbons (Fsp3) is 0.644. The molecule has 0 aromatic heterocycles. The van der Waals surface area contributed by atoms with E-state index in [1.807, 2.05) is 56.3 Å². The third-order valence-corrected chi connectivity index (χ3v) is 13.8. The zero-order chi connectivity index (χ0) is 57.1. The topological polar surface area (TPSA) is 271 Å². The quantitative estimate of drug-likeness (QED) is 0.0215. The second kappa shape index (κ2) is 29.5. The normalized spacial score (nSPS) is 18.5. The van der Waals surface area contributed by atoms with Gasteiger partial charge in [-0.3, -0.25) is 29.0 Å². The molecule has 0 saturated heterocycles. The molecule has 2 aliphatic rings. The Bertz CT molecular complexity index is 2440. The van der Waals surface area contributed by atoms with Gasteiger partial charge in [0, 0.05) is 56.3 Å². The van der Waals surface area contributed by atoms with Crippen LogP contribution in [-0.4, -0.2) is 114 Å². The molecule has 18 heteroatoms. The first-order valence-corrected chi connectivity index (χ1v) is 27.5. The Hall–Kier alpha value is -6.17. The number of hydrogen-bond acceptors (Lipinski definition) is 14. The number of rotatable bonds is 27. The molecule has 4 amide bonds. The Morgan fingerprint density at radius 2 is 1.42 bits per heavy atom. The van der Waals surface area contributed by atoms with Gasteiger partial charge in [-0.1, -0.05) is 56.3 Å². The number of Topliss-reactive ketones (excluding diaryl/α,β-unsaturated/α-hetero) is 2. The standard InChI is InChI=1S/C59H88N6O12/c1-37(51-48(67)34-59(8,9)35-49(51)68)63-44(19-13-15-29-60)53(71)62-36-38-21-25-41(26-22-38)47(66)33-43(32-39-23-24-40-17-11-12-18-42(40)31-39)52(70)61-30-16-14-20-45(54(72)75-10)64-56(74)65-46(55(73)77-58(5,6)7)27-28-50(69)76-57(2,3)4/h11-12,17-18,23-24,31,38,41,43-46,67H,13-16,19-22,25-30,32-36,60H2,1-10H3,(H,61,70)(H,62,71)(H2,64,65,74). The van der Waals surface area contributed by atoms with Crippen molar-refractivity contribution in [2.45, 2.75) is 194 Å². The molecule has 1 saturated carbocycles. The summed E-state index contributed by atoms with van der Waals surface area (Å²) in [4.78, 5) is 111. The van der Waals surface area contributed by atoms with E-state index in [0.29, 0.717) is 89.4 Å². The predicted molar refractivity (Wildman–Crippen MR) is 296 cm³/mol. The number of benzene rings is 2. The maximum absolute atomic E-state index is 14.1. The molecule has 2 aromatic rings. The number of aliphatic hydroxyl groups excluding tert-OH is 1. The Kier molecular flexibility index (Phi) is 24.3. The minimum absolute atomic E-state index is 0.00364. The summed E-state index contributed by atoms with van der Waals surface area (Å²) in [7, 11) is 1.19. The molecule has 426 valence electrons. The molecule has 4 atom stereocenters.